The SMILES string of the molecule is N#CC(Nc1ccc(S(N)(=O)=O)cc1)c1cccc(O)c1. The van der Waals surface area contributed by atoms with Crippen molar-refractivity contribution < 1.29 is 13.5 Å². The van der Waals surface area contributed by atoms with Crippen LogP contribution < -0.4 is 10.5 Å². The van der Waals surface area contributed by atoms with Gasteiger partial charge in [-0.3, -0.25) is 0 Å². The minimum absolute atomic E-state index is 0.00101. The van der Waals surface area contributed by atoms with E-state index in [0.717, 1.165) is 0 Å². The highest BCUT2D eigenvalue weighted by atomic mass is 32.2. The number of hydrogen-bond donors (Lipinski definition) is 3. The largest absolute Gasteiger partial charge is 0.508 e. The lowest BCUT2D eigenvalue weighted by Crippen LogP contribution is -2.12. The van der Waals surface area contributed by atoms with Crippen molar-refractivity contribution in [3.63, 3.8) is 0 Å². The van der Waals surface area contributed by atoms with Gasteiger partial charge in [0.15, 0.2) is 0 Å². The molecule has 1 atom stereocenters. The summed E-state index contributed by atoms with van der Waals surface area (Å²) >= 11 is 0. The third kappa shape index (κ3) is 3.72. The zero-order chi connectivity index (χ0) is 15.5. The van der Waals surface area contributed by atoms with Gasteiger partial charge in [-0.05, 0) is 42.0 Å². The van der Waals surface area contributed by atoms with Crippen LogP contribution >= 0.6 is 0 Å². The minimum Gasteiger partial charge on any atom is -0.508 e. The monoisotopic (exact) mass is 303 g/mol. The first-order valence-electron chi connectivity index (χ1n) is 5.98. The van der Waals surface area contributed by atoms with Gasteiger partial charge >= 0.3 is 0 Å². The molecule has 7 heteroatoms. The molecule has 2 rings (SSSR count). The van der Waals surface area contributed by atoms with Gasteiger partial charge in [0.05, 0.1) is 11.0 Å². The van der Waals surface area contributed by atoms with E-state index in [9.17, 15) is 18.8 Å². The highest BCUT2D eigenvalue weighted by Gasteiger charge is 2.12. The maximum Gasteiger partial charge on any atom is 0.238 e. The van der Waals surface area contributed by atoms with Crippen LogP contribution in [0.4, 0.5) is 5.69 Å². The van der Waals surface area contributed by atoms with Gasteiger partial charge in [-0.15, -0.1) is 0 Å². The number of benzene rings is 2. The molecule has 4 N–H and O–H groups in total. The Balaban J connectivity index is 2.22. The van der Waals surface area contributed by atoms with Crippen molar-refractivity contribution in [3.05, 3.63) is 54.1 Å². The first-order valence-corrected chi connectivity index (χ1v) is 7.53. The number of rotatable bonds is 4. The molecule has 2 aromatic carbocycles. The molecule has 108 valence electrons. The topological polar surface area (TPSA) is 116 Å². The Kier molecular flexibility index (Phi) is 4.12. The quantitative estimate of drug-likeness (QED) is 0.795. The maximum atomic E-state index is 11.2. The summed E-state index contributed by atoms with van der Waals surface area (Å²) in [6.07, 6.45) is 0. The molecular formula is C14H13N3O3S. The van der Waals surface area contributed by atoms with Gasteiger partial charge in [-0.1, -0.05) is 12.1 Å². The van der Waals surface area contributed by atoms with Crippen molar-refractivity contribution in [2.75, 3.05) is 5.32 Å². The van der Waals surface area contributed by atoms with Crippen LogP contribution in [0, 0.1) is 11.3 Å². The number of nitrogens with two attached hydrogens (primary N) is 1. The summed E-state index contributed by atoms with van der Waals surface area (Å²) < 4.78 is 22.3. The highest BCUT2D eigenvalue weighted by Crippen LogP contribution is 2.22. The Bertz CT molecular complexity index is 780. The van der Waals surface area contributed by atoms with Crippen molar-refractivity contribution in [1.29, 1.82) is 5.26 Å². The molecular weight excluding hydrogens is 290 g/mol. The zero-order valence-electron chi connectivity index (χ0n) is 10.9. The van der Waals surface area contributed by atoms with Crippen molar-refractivity contribution in [1.82, 2.24) is 0 Å². The van der Waals surface area contributed by atoms with Crippen LogP contribution in [0.3, 0.4) is 0 Å². The van der Waals surface area contributed by atoms with E-state index in [1.807, 2.05) is 0 Å². The van der Waals surface area contributed by atoms with E-state index in [-0.39, 0.29) is 10.6 Å². The van der Waals surface area contributed by atoms with Crippen molar-refractivity contribution in [3.8, 4) is 11.8 Å². The van der Waals surface area contributed by atoms with Crippen molar-refractivity contribution >= 4 is 15.7 Å². The Hall–Kier alpha value is -2.56. The fourth-order valence-corrected chi connectivity index (χ4v) is 2.32. The number of nitrogens with one attached hydrogen (secondary N) is 1. The molecule has 0 saturated heterocycles. The number of aromatic hydroxyl groups is 1. The predicted molar refractivity (Wildman–Crippen MR) is 77.9 cm³/mol. The molecule has 21 heavy (non-hydrogen) atoms. The molecule has 0 heterocycles. The summed E-state index contributed by atoms with van der Waals surface area (Å²) in [5, 5.41) is 26.6. The molecule has 6 nitrogen and oxygen atoms in total. The number of sulfonamides is 1. The van der Waals surface area contributed by atoms with Crippen LogP contribution in [0.2, 0.25) is 0 Å². The zero-order valence-corrected chi connectivity index (χ0v) is 11.7. The Morgan fingerprint density at radius 3 is 2.38 bits per heavy atom. The van der Waals surface area contributed by atoms with Gasteiger partial charge in [0.1, 0.15) is 11.8 Å². The number of phenols is 1. The van der Waals surface area contributed by atoms with Gasteiger partial charge in [-0.2, -0.15) is 5.26 Å². The summed E-state index contributed by atoms with van der Waals surface area (Å²) in [5.74, 6) is 0.0686. The van der Waals surface area contributed by atoms with Gasteiger partial charge in [0.2, 0.25) is 10.0 Å². The molecule has 0 aliphatic rings. The molecule has 0 saturated carbocycles. The fourth-order valence-electron chi connectivity index (χ4n) is 1.80. The first-order chi connectivity index (χ1) is 9.90. The number of nitriles is 1. The third-order valence-corrected chi connectivity index (χ3v) is 3.76. The van der Waals surface area contributed by atoms with Crippen LogP contribution in [0.25, 0.3) is 0 Å². The van der Waals surface area contributed by atoms with Crippen molar-refractivity contribution in [2.24, 2.45) is 5.14 Å². The lowest BCUT2D eigenvalue weighted by atomic mass is 10.1. The summed E-state index contributed by atoms with van der Waals surface area (Å²) in [4.78, 5) is -0.00101. The number of hydrogen-bond acceptors (Lipinski definition) is 5. The van der Waals surface area contributed by atoms with E-state index < -0.39 is 16.1 Å². The van der Waals surface area contributed by atoms with Gasteiger partial charge < -0.3 is 10.4 Å². The van der Waals surface area contributed by atoms with E-state index in [2.05, 4.69) is 11.4 Å². The lowest BCUT2D eigenvalue weighted by molar-refractivity contribution is 0.474. The number of nitrogens with zero attached hydrogens (tertiary/aromatic N) is 1. The molecule has 1 unspecified atom stereocenters. The van der Waals surface area contributed by atoms with E-state index in [1.165, 1.54) is 36.4 Å². The van der Waals surface area contributed by atoms with Crippen LogP contribution in [-0.2, 0) is 10.0 Å². The number of phenolic OH excluding ortho intramolecular Hbond substituents is 1. The van der Waals surface area contributed by atoms with E-state index >= 15 is 0 Å². The normalized spacial score (nSPS) is 12.4. The Labute approximate surface area is 122 Å². The van der Waals surface area contributed by atoms with Crippen LogP contribution in [-0.4, -0.2) is 13.5 Å². The minimum atomic E-state index is -3.74. The molecule has 0 spiro atoms. The maximum absolute atomic E-state index is 11.2. The van der Waals surface area contributed by atoms with Crippen molar-refractivity contribution in [2.45, 2.75) is 10.9 Å². The standard InChI is InChI=1S/C14H13N3O3S/c15-9-14(10-2-1-3-12(18)8-10)17-11-4-6-13(7-5-11)21(16,19)20/h1-8,14,17-18H,(H2,16,19,20). The first kappa shape index (κ1) is 14.8. The van der Waals surface area contributed by atoms with E-state index in [4.69, 9.17) is 5.14 Å². The van der Waals surface area contributed by atoms with Crippen LogP contribution in [0.1, 0.15) is 11.6 Å². The molecule has 0 radical (unpaired) electrons. The van der Waals surface area contributed by atoms with E-state index in [0.29, 0.717) is 11.3 Å². The molecule has 0 amide bonds. The fraction of sp³-hybridized carbons (Fsp3) is 0.0714. The Morgan fingerprint density at radius 1 is 1.19 bits per heavy atom. The van der Waals surface area contributed by atoms with Gasteiger partial charge in [0, 0.05) is 5.69 Å². The van der Waals surface area contributed by atoms with Gasteiger partial charge in [0.25, 0.3) is 0 Å². The molecule has 0 aliphatic carbocycles. The average molecular weight is 303 g/mol. The summed E-state index contributed by atoms with van der Waals surface area (Å²) in [6.45, 7) is 0. The second-order valence-corrected chi connectivity index (χ2v) is 5.93. The summed E-state index contributed by atoms with van der Waals surface area (Å²) in [5.41, 5.74) is 1.17. The summed E-state index contributed by atoms with van der Waals surface area (Å²) in [7, 11) is -3.74. The van der Waals surface area contributed by atoms with Crippen LogP contribution in [0.15, 0.2) is 53.4 Å². The molecule has 0 fully saturated rings. The predicted octanol–water partition coefficient (Wildman–Crippen LogP) is 1.72. The van der Waals surface area contributed by atoms with Gasteiger partial charge in [-0.25, -0.2) is 13.6 Å². The molecule has 0 bridgehead atoms. The third-order valence-electron chi connectivity index (χ3n) is 2.83. The smallest absolute Gasteiger partial charge is 0.238 e. The number of anilines is 1. The molecule has 2 aromatic rings. The summed E-state index contributed by atoms with van der Waals surface area (Å²) in [6, 6.07) is 13.5. The lowest BCUT2D eigenvalue weighted by Gasteiger charge is -2.13. The highest BCUT2D eigenvalue weighted by molar-refractivity contribution is 7.89. The number of primary sulfonamides is 1. The second kappa shape index (κ2) is 5.83. The van der Waals surface area contributed by atoms with E-state index in [1.54, 1.807) is 12.1 Å². The molecule has 0 aromatic heterocycles. The average Bonchev–Trinajstić information content (AvgIpc) is 2.44. The Morgan fingerprint density at radius 2 is 1.86 bits per heavy atom. The van der Waals surface area contributed by atoms with Crippen LogP contribution in [0.5, 0.6) is 5.75 Å². The second-order valence-electron chi connectivity index (χ2n) is 4.37. The molecule has 0 aliphatic heterocycles.